The third-order valence-electron chi connectivity index (χ3n) is 1.83. The van der Waals surface area contributed by atoms with Crippen molar-refractivity contribution < 1.29 is 23.9 Å². The summed E-state index contributed by atoms with van der Waals surface area (Å²) in [7, 11) is 0. The second kappa shape index (κ2) is 7.68. The van der Waals surface area contributed by atoms with Crippen LogP contribution in [0.15, 0.2) is 0 Å². The van der Waals surface area contributed by atoms with Gasteiger partial charge in [0.15, 0.2) is 0 Å². The minimum Gasteiger partial charge on any atom is -0.466 e. The summed E-state index contributed by atoms with van der Waals surface area (Å²) in [4.78, 5) is 33.2. The summed E-state index contributed by atoms with van der Waals surface area (Å²) in [6.45, 7) is 7.17. The molecule has 0 spiro atoms. The highest BCUT2D eigenvalue weighted by Gasteiger charge is 2.19. The van der Waals surface area contributed by atoms with E-state index in [1.165, 1.54) is 0 Å². The van der Waals surface area contributed by atoms with Gasteiger partial charge in [-0.15, -0.1) is 0 Å². The zero-order valence-electron chi connectivity index (χ0n) is 11.3. The average Bonchev–Trinajstić information content (AvgIpc) is 2.22. The third-order valence-corrected chi connectivity index (χ3v) is 1.83. The van der Waals surface area contributed by atoms with E-state index in [2.05, 4.69) is 5.32 Å². The van der Waals surface area contributed by atoms with Crippen molar-refractivity contribution >= 4 is 18.3 Å². The molecule has 0 bridgehead atoms. The fourth-order valence-corrected chi connectivity index (χ4v) is 1.14. The summed E-state index contributed by atoms with van der Waals surface area (Å²) >= 11 is 0. The molecule has 0 rings (SSSR count). The Labute approximate surface area is 107 Å². The molecule has 0 aliphatic carbocycles. The van der Waals surface area contributed by atoms with E-state index in [1.807, 2.05) is 0 Å². The lowest BCUT2D eigenvalue weighted by molar-refractivity contribution is -0.143. The largest absolute Gasteiger partial charge is 0.466 e. The van der Waals surface area contributed by atoms with Crippen molar-refractivity contribution in [3.8, 4) is 0 Å². The maximum Gasteiger partial charge on any atom is 0.408 e. The van der Waals surface area contributed by atoms with Crippen LogP contribution in [0.4, 0.5) is 4.79 Å². The van der Waals surface area contributed by atoms with Crippen molar-refractivity contribution in [2.24, 2.45) is 0 Å². The molecule has 0 radical (unpaired) electrons. The first-order valence-corrected chi connectivity index (χ1v) is 5.89. The van der Waals surface area contributed by atoms with Crippen molar-refractivity contribution in [3.63, 3.8) is 0 Å². The van der Waals surface area contributed by atoms with Crippen molar-refractivity contribution in [1.29, 1.82) is 0 Å². The first kappa shape index (κ1) is 16.4. The third kappa shape index (κ3) is 8.55. The van der Waals surface area contributed by atoms with Crippen LogP contribution in [0, 0.1) is 0 Å². The Morgan fingerprint density at radius 3 is 2.39 bits per heavy atom. The van der Waals surface area contributed by atoms with Gasteiger partial charge >= 0.3 is 12.1 Å². The number of ether oxygens (including phenoxy) is 2. The predicted molar refractivity (Wildman–Crippen MR) is 65.1 cm³/mol. The van der Waals surface area contributed by atoms with Gasteiger partial charge in [-0.05, 0) is 34.1 Å². The van der Waals surface area contributed by atoms with Crippen LogP contribution < -0.4 is 5.32 Å². The van der Waals surface area contributed by atoms with Crippen molar-refractivity contribution in [2.75, 3.05) is 6.61 Å². The smallest absolute Gasteiger partial charge is 0.408 e. The van der Waals surface area contributed by atoms with E-state index in [1.54, 1.807) is 27.7 Å². The number of nitrogens with one attached hydrogen (secondary N) is 1. The minimum absolute atomic E-state index is 0.0764. The quantitative estimate of drug-likeness (QED) is 0.576. The van der Waals surface area contributed by atoms with Crippen LogP contribution in [0.25, 0.3) is 0 Å². The molecule has 1 N–H and O–H groups in total. The number of hydrogen-bond acceptors (Lipinski definition) is 5. The molecule has 104 valence electrons. The second-order valence-corrected chi connectivity index (χ2v) is 4.73. The van der Waals surface area contributed by atoms with Gasteiger partial charge in [-0.1, -0.05) is 0 Å². The molecule has 0 aromatic rings. The standard InChI is InChI=1S/C12H21NO5/c1-5-17-10(15)7-6-9(8-14)13-11(16)18-12(2,3)4/h8-9H,5-7H2,1-4H3,(H,13,16). The van der Waals surface area contributed by atoms with E-state index >= 15 is 0 Å². The molecule has 18 heavy (non-hydrogen) atoms. The molecule has 0 fully saturated rings. The Bertz CT molecular complexity index is 295. The van der Waals surface area contributed by atoms with Gasteiger partial charge in [-0.3, -0.25) is 4.79 Å². The molecule has 0 aromatic heterocycles. The monoisotopic (exact) mass is 259 g/mol. The molecular formula is C12H21NO5. The van der Waals surface area contributed by atoms with Gasteiger partial charge in [-0.2, -0.15) is 0 Å². The SMILES string of the molecule is CCOC(=O)CCC(C=O)NC(=O)OC(C)(C)C. The predicted octanol–water partition coefficient (Wildman–Crippen LogP) is 1.42. The fourth-order valence-electron chi connectivity index (χ4n) is 1.14. The minimum atomic E-state index is -0.746. The molecule has 0 saturated heterocycles. The lowest BCUT2D eigenvalue weighted by atomic mass is 10.2. The molecule has 1 atom stereocenters. The highest BCUT2D eigenvalue weighted by atomic mass is 16.6. The van der Waals surface area contributed by atoms with Gasteiger partial charge in [0.25, 0.3) is 0 Å². The highest BCUT2D eigenvalue weighted by Crippen LogP contribution is 2.07. The van der Waals surface area contributed by atoms with E-state index in [-0.39, 0.29) is 12.8 Å². The number of hydrogen-bond donors (Lipinski definition) is 1. The summed E-state index contributed by atoms with van der Waals surface area (Å²) < 4.78 is 9.72. The number of amides is 1. The van der Waals surface area contributed by atoms with Crippen molar-refractivity contribution in [2.45, 2.75) is 52.2 Å². The van der Waals surface area contributed by atoms with Gasteiger partial charge in [0, 0.05) is 6.42 Å². The van der Waals surface area contributed by atoms with E-state index < -0.39 is 23.7 Å². The lowest BCUT2D eigenvalue weighted by Gasteiger charge is -2.21. The van der Waals surface area contributed by atoms with E-state index in [9.17, 15) is 14.4 Å². The summed E-state index contributed by atoms with van der Waals surface area (Å²) in [5.41, 5.74) is -0.626. The van der Waals surface area contributed by atoms with Crippen LogP contribution in [-0.4, -0.2) is 36.6 Å². The molecule has 6 heteroatoms. The maximum atomic E-state index is 11.4. The Morgan fingerprint density at radius 1 is 1.33 bits per heavy atom. The molecule has 0 aliphatic heterocycles. The van der Waals surface area contributed by atoms with E-state index in [0.29, 0.717) is 12.9 Å². The fraction of sp³-hybridized carbons (Fsp3) is 0.750. The Balaban J connectivity index is 4.07. The van der Waals surface area contributed by atoms with Crippen LogP contribution in [0.1, 0.15) is 40.5 Å². The average molecular weight is 259 g/mol. The van der Waals surface area contributed by atoms with Crippen molar-refractivity contribution in [3.05, 3.63) is 0 Å². The molecule has 0 heterocycles. The van der Waals surface area contributed by atoms with Crippen LogP contribution in [0.3, 0.4) is 0 Å². The molecular weight excluding hydrogens is 238 g/mol. The Hall–Kier alpha value is -1.59. The van der Waals surface area contributed by atoms with Gasteiger partial charge in [0.05, 0.1) is 12.6 Å². The molecule has 0 aromatic carbocycles. The number of alkyl carbamates (subject to hydrolysis) is 1. The van der Waals surface area contributed by atoms with Crippen LogP contribution in [0.2, 0.25) is 0 Å². The summed E-state index contributed by atoms with van der Waals surface area (Å²) in [5.74, 6) is -0.393. The van der Waals surface area contributed by atoms with Gasteiger partial charge < -0.3 is 19.6 Å². The zero-order valence-corrected chi connectivity index (χ0v) is 11.3. The number of esters is 1. The van der Waals surface area contributed by atoms with Crippen LogP contribution >= 0.6 is 0 Å². The molecule has 1 amide bonds. The Kier molecular flexibility index (Phi) is 7.00. The van der Waals surface area contributed by atoms with Gasteiger partial charge in [0.1, 0.15) is 11.9 Å². The molecule has 0 aliphatic rings. The lowest BCUT2D eigenvalue weighted by Crippen LogP contribution is -2.40. The Morgan fingerprint density at radius 2 is 1.94 bits per heavy atom. The van der Waals surface area contributed by atoms with Crippen LogP contribution in [0.5, 0.6) is 0 Å². The summed E-state index contributed by atoms with van der Waals surface area (Å²) in [6, 6.07) is -0.746. The number of carbonyl (C=O) groups is 3. The first-order chi connectivity index (χ1) is 8.28. The number of rotatable bonds is 6. The van der Waals surface area contributed by atoms with E-state index in [0.717, 1.165) is 0 Å². The normalized spacial score (nSPS) is 12.4. The summed E-state index contributed by atoms with van der Waals surface area (Å²) in [6.07, 6.45) is 0.168. The topological polar surface area (TPSA) is 81.7 Å². The van der Waals surface area contributed by atoms with Crippen molar-refractivity contribution in [1.82, 2.24) is 5.32 Å². The molecule has 0 saturated carbocycles. The summed E-state index contributed by atoms with van der Waals surface area (Å²) in [5, 5.41) is 2.38. The molecule has 1 unspecified atom stereocenters. The first-order valence-electron chi connectivity index (χ1n) is 5.89. The molecule has 6 nitrogen and oxygen atoms in total. The zero-order chi connectivity index (χ0) is 14.2. The van der Waals surface area contributed by atoms with E-state index in [4.69, 9.17) is 9.47 Å². The van der Waals surface area contributed by atoms with Crippen LogP contribution in [-0.2, 0) is 19.1 Å². The maximum absolute atomic E-state index is 11.4. The number of aldehydes is 1. The second-order valence-electron chi connectivity index (χ2n) is 4.73. The van der Waals surface area contributed by atoms with Gasteiger partial charge in [-0.25, -0.2) is 4.79 Å². The number of carbonyl (C=O) groups excluding carboxylic acids is 3. The van der Waals surface area contributed by atoms with Gasteiger partial charge in [0.2, 0.25) is 0 Å². The highest BCUT2D eigenvalue weighted by molar-refractivity contribution is 5.74.